The summed E-state index contributed by atoms with van der Waals surface area (Å²) in [5, 5.41) is 16.8. The molecule has 9 nitrogen and oxygen atoms in total. The first-order chi connectivity index (χ1) is 16.6. The van der Waals surface area contributed by atoms with Gasteiger partial charge in [0, 0.05) is 29.8 Å². The van der Waals surface area contributed by atoms with Gasteiger partial charge in [0.25, 0.3) is 0 Å². The zero-order valence-electron chi connectivity index (χ0n) is 18.8. The number of benzene rings is 1. The van der Waals surface area contributed by atoms with E-state index >= 15 is 0 Å². The summed E-state index contributed by atoms with van der Waals surface area (Å²) in [4.78, 5) is 24.6. The molecule has 0 radical (unpaired) electrons. The first-order valence-corrected chi connectivity index (χ1v) is 10.8. The van der Waals surface area contributed by atoms with Crippen molar-refractivity contribution in [1.29, 1.82) is 0 Å². The van der Waals surface area contributed by atoms with Crippen molar-refractivity contribution in [3.8, 4) is 17.1 Å². The van der Waals surface area contributed by atoms with E-state index in [1.165, 1.54) is 6.42 Å². The van der Waals surface area contributed by atoms with Gasteiger partial charge in [0.05, 0.1) is 0 Å². The van der Waals surface area contributed by atoms with Crippen LogP contribution in [0.2, 0.25) is 0 Å². The normalized spacial score (nSPS) is 13.9. The smallest absolute Gasteiger partial charge is 0.460 e. The van der Waals surface area contributed by atoms with Crippen LogP contribution in [-0.2, 0) is 6.18 Å². The Morgan fingerprint density at radius 2 is 1.69 bits per heavy atom. The van der Waals surface area contributed by atoms with E-state index in [1.807, 2.05) is 13.0 Å². The molecule has 0 saturated heterocycles. The van der Waals surface area contributed by atoms with Crippen LogP contribution in [0.3, 0.4) is 0 Å². The zero-order chi connectivity index (χ0) is 25.4. The van der Waals surface area contributed by atoms with Gasteiger partial charge in [-0.2, -0.15) is 13.2 Å². The molecule has 0 atom stereocenters. The van der Waals surface area contributed by atoms with E-state index in [0.29, 0.717) is 11.7 Å². The van der Waals surface area contributed by atoms with Gasteiger partial charge >= 0.3 is 18.3 Å². The van der Waals surface area contributed by atoms with E-state index in [9.17, 15) is 13.2 Å². The van der Waals surface area contributed by atoms with Crippen LogP contribution >= 0.6 is 0 Å². The van der Waals surface area contributed by atoms with Gasteiger partial charge in [0.2, 0.25) is 5.95 Å². The Morgan fingerprint density at radius 3 is 2.31 bits per heavy atom. The molecular formula is C23H24F3N5O4. The minimum Gasteiger partial charge on any atom is -0.460 e. The standard InChI is InChI=1S/C22H22F3N5O.CH2O3/c1-14-9-15(16-12-27-21(28-13-16)31-18-5-3-2-4-6-18)11-17(10-14)29-20-26-8-7-19(30-20)22(23,24)25;2-1(3)4/h7-13,18H,2-6H2,1H3,(H,26,29,30);(H2,2,3,4). The van der Waals surface area contributed by atoms with E-state index in [-0.39, 0.29) is 12.1 Å². The van der Waals surface area contributed by atoms with E-state index in [4.69, 9.17) is 19.7 Å². The van der Waals surface area contributed by atoms with Gasteiger partial charge in [0.1, 0.15) is 11.8 Å². The van der Waals surface area contributed by atoms with Crippen LogP contribution in [0.15, 0.2) is 42.9 Å². The number of aryl methyl sites for hydroxylation is 1. The van der Waals surface area contributed by atoms with Crippen LogP contribution < -0.4 is 10.1 Å². The molecule has 1 aliphatic rings. The number of hydrogen-bond donors (Lipinski definition) is 3. The molecule has 0 amide bonds. The number of carboxylic acid groups (broad SMARTS) is 2. The van der Waals surface area contributed by atoms with Crippen LogP contribution in [0.1, 0.15) is 43.4 Å². The summed E-state index contributed by atoms with van der Waals surface area (Å²) in [7, 11) is 0. The molecular weight excluding hydrogens is 467 g/mol. The second-order valence-electron chi connectivity index (χ2n) is 7.89. The number of nitrogens with zero attached hydrogens (tertiary/aromatic N) is 4. The number of rotatable bonds is 5. The van der Waals surface area contributed by atoms with Gasteiger partial charge < -0.3 is 20.3 Å². The predicted octanol–water partition coefficient (Wildman–Crippen LogP) is 5.94. The van der Waals surface area contributed by atoms with Crippen LogP contribution in [-0.4, -0.2) is 42.4 Å². The van der Waals surface area contributed by atoms with Gasteiger partial charge in [-0.3, -0.25) is 0 Å². The molecule has 0 unspecified atom stereocenters. The summed E-state index contributed by atoms with van der Waals surface area (Å²) in [6, 6.07) is 6.73. The average Bonchev–Trinajstić information content (AvgIpc) is 2.79. The fraction of sp³-hybridized carbons (Fsp3) is 0.348. The summed E-state index contributed by atoms with van der Waals surface area (Å²) in [6.07, 6.45) is 3.87. The zero-order valence-corrected chi connectivity index (χ0v) is 18.8. The van der Waals surface area contributed by atoms with Crippen LogP contribution in [0.5, 0.6) is 6.01 Å². The number of nitrogens with one attached hydrogen (secondary N) is 1. The van der Waals surface area contributed by atoms with Gasteiger partial charge in [-0.25, -0.2) is 24.7 Å². The van der Waals surface area contributed by atoms with E-state index in [1.54, 1.807) is 24.5 Å². The lowest BCUT2D eigenvalue weighted by molar-refractivity contribution is -0.141. The molecule has 35 heavy (non-hydrogen) atoms. The highest BCUT2D eigenvalue weighted by Gasteiger charge is 2.32. The first-order valence-electron chi connectivity index (χ1n) is 10.8. The van der Waals surface area contributed by atoms with Crippen molar-refractivity contribution in [2.24, 2.45) is 0 Å². The molecule has 1 aliphatic carbocycles. The van der Waals surface area contributed by atoms with Crippen molar-refractivity contribution in [1.82, 2.24) is 19.9 Å². The molecule has 0 spiro atoms. The lowest BCUT2D eigenvalue weighted by Crippen LogP contribution is -2.20. The molecule has 2 heterocycles. The molecule has 2 aromatic heterocycles. The highest BCUT2D eigenvalue weighted by Crippen LogP contribution is 2.29. The Balaban J connectivity index is 0.000000795. The van der Waals surface area contributed by atoms with Crippen LogP contribution in [0, 0.1) is 6.92 Å². The van der Waals surface area contributed by atoms with Crippen molar-refractivity contribution in [2.45, 2.75) is 51.3 Å². The number of carbonyl (C=O) groups is 1. The molecule has 0 aliphatic heterocycles. The van der Waals surface area contributed by atoms with Crippen molar-refractivity contribution < 1.29 is 32.9 Å². The second-order valence-corrected chi connectivity index (χ2v) is 7.89. The molecule has 4 rings (SSSR count). The monoisotopic (exact) mass is 491 g/mol. The minimum absolute atomic E-state index is 0.126. The van der Waals surface area contributed by atoms with Gasteiger partial charge in [-0.15, -0.1) is 0 Å². The topological polar surface area (TPSA) is 130 Å². The largest absolute Gasteiger partial charge is 0.503 e. The van der Waals surface area contributed by atoms with Crippen LogP contribution in [0.4, 0.5) is 29.6 Å². The molecule has 12 heteroatoms. The minimum atomic E-state index is -4.53. The summed E-state index contributed by atoms with van der Waals surface area (Å²) in [5.74, 6) is -0.126. The van der Waals surface area contributed by atoms with Crippen LogP contribution in [0.25, 0.3) is 11.1 Å². The first kappa shape index (κ1) is 25.7. The number of halogens is 3. The van der Waals surface area contributed by atoms with E-state index in [2.05, 4.69) is 25.3 Å². The summed E-state index contributed by atoms with van der Waals surface area (Å²) in [5.41, 5.74) is 2.07. The molecule has 1 saturated carbocycles. The van der Waals surface area contributed by atoms with E-state index < -0.39 is 18.0 Å². The number of ether oxygens (including phenoxy) is 1. The highest BCUT2D eigenvalue weighted by molar-refractivity contribution is 5.70. The fourth-order valence-corrected chi connectivity index (χ4v) is 3.59. The van der Waals surface area contributed by atoms with Gasteiger partial charge in [-0.05, 0) is 61.9 Å². The molecule has 3 N–H and O–H groups in total. The maximum Gasteiger partial charge on any atom is 0.503 e. The Kier molecular flexibility index (Phi) is 8.39. The lowest BCUT2D eigenvalue weighted by Gasteiger charge is -2.21. The number of aromatic nitrogens is 4. The molecule has 1 fully saturated rings. The Bertz CT molecular complexity index is 1130. The third-order valence-electron chi connectivity index (χ3n) is 5.07. The maximum atomic E-state index is 12.9. The SMILES string of the molecule is Cc1cc(Nc2nccc(C(F)(F)F)n2)cc(-c2cnc(OC3CCCCC3)nc2)c1.O=C(O)O. The fourth-order valence-electron chi connectivity index (χ4n) is 3.59. The second kappa shape index (κ2) is 11.4. The molecule has 0 bridgehead atoms. The van der Waals surface area contributed by atoms with Crippen molar-refractivity contribution in [3.05, 3.63) is 54.1 Å². The van der Waals surface area contributed by atoms with Crippen molar-refractivity contribution in [2.75, 3.05) is 5.32 Å². The number of alkyl halides is 3. The van der Waals surface area contributed by atoms with E-state index in [0.717, 1.165) is 54.6 Å². The van der Waals surface area contributed by atoms with Gasteiger partial charge in [0.15, 0.2) is 0 Å². The Morgan fingerprint density at radius 1 is 1.03 bits per heavy atom. The number of anilines is 2. The predicted molar refractivity (Wildman–Crippen MR) is 121 cm³/mol. The molecule has 3 aromatic rings. The maximum absolute atomic E-state index is 12.9. The molecule has 186 valence electrons. The third-order valence-corrected chi connectivity index (χ3v) is 5.07. The quantitative estimate of drug-likeness (QED) is 0.397. The summed E-state index contributed by atoms with van der Waals surface area (Å²) < 4.78 is 44.6. The number of hydrogen-bond acceptors (Lipinski definition) is 7. The lowest BCUT2D eigenvalue weighted by atomic mass is 9.98. The average molecular weight is 491 g/mol. The highest BCUT2D eigenvalue weighted by atomic mass is 19.4. The summed E-state index contributed by atoms with van der Waals surface area (Å²) >= 11 is 0. The van der Waals surface area contributed by atoms with Crippen molar-refractivity contribution in [3.63, 3.8) is 0 Å². The van der Waals surface area contributed by atoms with Gasteiger partial charge in [-0.1, -0.05) is 12.5 Å². The third kappa shape index (κ3) is 8.09. The molecule has 1 aromatic carbocycles. The summed E-state index contributed by atoms with van der Waals surface area (Å²) in [6.45, 7) is 1.89. The van der Waals surface area contributed by atoms with Crippen molar-refractivity contribution >= 4 is 17.8 Å². The Labute approximate surface area is 199 Å². The Hall–Kier alpha value is -3.96.